The molecule has 3 aromatic rings. The molecule has 1 aromatic heterocycles. The molecule has 0 radical (unpaired) electrons. The number of nitrogens with zero attached hydrogens (tertiary/aromatic N) is 3. The minimum absolute atomic E-state index is 0.0402. The summed E-state index contributed by atoms with van der Waals surface area (Å²) in [5.41, 5.74) is 1.54. The van der Waals surface area contributed by atoms with Gasteiger partial charge in [0.1, 0.15) is 5.82 Å². The van der Waals surface area contributed by atoms with Gasteiger partial charge in [0.15, 0.2) is 0 Å². The molecule has 4 rings (SSSR count). The highest BCUT2D eigenvalue weighted by molar-refractivity contribution is 6.30. The molecule has 2 heterocycles. The number of piperidine rings is 1. The first-order chi connectivity index (χ1) is 14.6. The Kier molecular flexibility index (Phi) is 6.40. The Hall–Kier alpha value is -2.77. The van der Waals surface area contributed by atoms with E-state index < -0.39 is 0 Å². The number of hydrogen-bond acceptors (Lipinski definition) is 5. The standard InChI is InChI=1S/C22H22ClFN4O2/c23-18-7-1-4-15(10-18)12-25-20(29)14-28-9-3-6-17(13-28)22-26-21(27-30-22)16-5-2-8-19(24)11-16/h1-2,4-5,7-8,10-11,17H,3,6,9,12-14H2,(H,25,29). The summed E-state index contributed by atoms with van der Waals surface area (Å²) in [5.74, 6) is 0.571. The third-order valence-corrected chi connectivity index (χ3v) is 5.36. The van der Waals surface area contributed by atoms with Gasteiger partial charge in [-0.1, -0.05) is 41.0 Å². The smallest absolute Gasteiger partial charge is 0.234 e. The van der Waals surface area contributed by atoms with Gasteiger partial charge in [0.25, 0.3) is 0 Å². The maximum absolute atomic E-state index is 13.4. The van der Waals surface area contributed by atoms with Crippen LogP contribution in [-0.4, -0.2) is 40.6 Å². The van der Waals surface area contributed by atoms with Crippen molar-refractivity contribution in [3.8, 4) is 11.4 Å². The quantitative estimate of drug-likeness (QED) is 0.642. The first-order valence-corrected chi connectivity index (χ1v) is 10.3. The summed E-state index contributed by atoms with van der Waals surface area (Å²) in [6.45, 7) is 2.25. The minimum atomic E-state index is -0.341. The van der Waals surface area contributed by atoms with Crippen LogP contribution < -0.4 is 5.32 Å². The molecule has 6 nitrogen and oxygen atoms in total. The van der Waals surface area contributed by atoms with E-state index in [4.69, 9.17) is 16.1 Å². The zero-order valence-electron chi connectivity index (χ0n) is 16.4. The van der Waals surface area contributed by atoms with Gasteiger partial charge < -0.3 is 9.84 Å². The van der Waals surface area contributed by atoms with Gasteiger partial charge >= 0.3 is 0 Å². The van der Waals surface area contributed by atoms with Crippen molar-refractivity contribution < 1.29 is 13.7 Å². The lowest BCUT2D eigenvalue weighted by atomic mass is 9.98. The molecule has 156 valence electrons. The summed E-state index contributed by atoms with van der Waals surface area (Å²) in [6, 6.07) is 13.5. The molecule has 1 aliphatic heterocycles. The van der Waals surface area contributed by atoms with Gasteiger partial charge in [-0.2, -0.15) is 4.98 Å². The highest BCUT2D eigenvalue weighted by atomic mass is 35.5. The van der Waals surface area contributed by atoms with Gasteiger partial charge in [-0.25, -0.2) is 4.39 Å². The normalized spacial score (nSPS) is 17.1. The van der Waals surface area contributed by atoms with E-state index in [9.17, 15) is 9.18 Å². The summed E-state index contributed by atoms with van der Waals surface area (Å²) >= 11 is 5.98. The number of carbonyl (C=O) groups is 1. The number of amides is 1. The van der Waals surface area contributed by atoms with Crippen molar-refractivity contribution in [3.05, 3.63) is 70.8 Å². The molecule has 30 heavy (non-hydrogen) atoms. The predicted molar refractivity (Wildman–Crippen MR) is 111 cm³/mol. The molecule has 1 unspecified atom stereocenters. The lowest BCUT2D eigenvalue weighted by Crippen LogP contribution is -2.41. The molecule has 1 saturated heterocycles. The second-order valence-corrected chi connectivity index (χ2v) is 7.88. The summed E-state index contributed by atoms with van der Waals surface area (Å²) in [7, 11) is 0. The SMILES string of the molecule is O=C(CN1CCCC(c2nc(-c3cccc(F)c3)no2)C1)NCc1cccc(Cl)c1. The molecule has 0 saturated carbocycles. The van der Waals surface area contributed by atoms with Crippen LogP contribution in [0.2, 0.25) is 5.02 Å². The highest BCUT2D eigenvalue weighted by Gasteiger charge is 2.27. The molecular weight excluding hydrogens is 407 g/mol. The molecular formula is C22H22ClFN4O2. The topological polar surface area (TPSA) is 71.3 Å². The number of nitrogens with one attached hydrogen (secondary N) is 1. The van der Waals surface area contributed by atoms with Crippen LogP contribution in [-0.2, 0) is 11.3 Å². The molecule has 0 bridgehead atoms. The first-order valence-electron chi connectivity index (χ1n) is 9.90. The Labute approximate surface area is 179 Å². The first kappa shape index (κ1) is 20.5. The van der Waals surface area contributed by atoms with E-state index in [0.717, 1.165) is 24.9 Å². The molecule has 2 aromatic carbocycles. The molecule has 1 fully saturated rings. The molecule has 1 atom stereocenters. The number of likely N-dealkylation sites (tertiary alicyclic amines) is 1. The Morgan fingerprint density at radius 2 is 2.13 bits per heavy atom. The fraction of sp³-hybridized carbons (Fsp3) is 0.318. The minimum Gasteiger partial charge on any atom is -0.351 e. The van der Waals surface area contributed by atoms with Crippen LogP contribution in [0, 0.1) is 5.82 Å². The van der Waals surface area contributed by atoms with Crippen LogP contribution in [0.3, 0.4) is 0 Å². The Morgan fingerprint density at radius 3 is 2.97 bits per heavy atom. The molecule has 8 heteroatoms. The van der Waals surface area contributed by atoms with Crippen LogP contribution in [0.4, 0.5) is 4.39 Å². The van der Waals surface area contributed by atoms with Crippen molar-refractivity contribution in [1.82, 2.24) is 20.4 Å². The molecule has 0 aliphatic carbocycles. The number of rotatable bonds is 6. The zero-order valence-corrected chi connectivity index (χ0v) is 17.1. The summed E-state index contributed by atoms with van der Waals surface area (Å²) in [6.07, 6.45) is 1.84. The van der Waals surface area contributed by atoms with Crippen LogP contribution in [0.15, 0.2) is 53.1 Å². The fourth-order valence-electron chi connectivity index (χ4n) is 3.65. The number of carbonyl (C=O) groups excluding carboxylic acids is 1. The lowest BCUT2D eigenvalue weighted by molar-refractivity contribution is -0.122. The molecule has 1 N–H and O–H groups in total. The van der Waals surface area contributed by atoms with Crippen molar-refractivity contribution in [2.24, 2.45) is 0 Å². The van der Waals surface area contributed by atoms with E-state index in [-0.39, 0.29) is 17.6 Å². The van der Waals surface area contributed by atoms with Crippen LogP contribution in [0.1, 0.15) is 30.2 Å². The number of aromatic nitrogens is 2. The van der Waals surface area contributed by atoms with Gasteiger partial charge in [0.05, 0.1) is 12.5 Å². The van der Waals surface area contributed by atoms with Gasteiger partial charge in [-0.3, -0.25) is 9.69 Å². The average Bonchev–Trinajstić information content (AvgIpc) is 3.23. The molecule has 1 aliphatic rings. The van der Waals surface area contributed by atoms with Gasteiger partial charge in [-0.15, -0.1) is 0 Å². The number of benzene rings is 2. The third kappa shape index (κ3) is 5.23. The van der Waals surface area contributed by atoms with Crippen LogP contribution in [0.25, 0.3) is 11.4 Å². The van der Waals surface area contributed by atoms with Crippen molar-refractivity contribution in [2.45, 2.75) is 25.3 Å². The fourth-order valence-corrected chi connectivity index (χ4v) is 3.87. The Bertz CT molecular complexity index is 1030. The highest BCUT2D eigenvalue weighted by Crippen LogP contribution is 2.27. The monoisotopic (exact) mass is 428 g/mol. The van der Waals surface area contributed by atoms with Gasteiger partial charge in [0.2, 0.25) is 17.6 Å². The van der Waals surface area contributed by atoms with Gasteiger partial charge in [-0.05, 0) is 49.2 Å². The molecule has 0 spiro atoms. The van der Waals surface area contributed by atoms with Crippen molar-refractivity contribution >= 4 is 17.5 Å². The third-order valence-electron chi connectivity index (χ3n) is 5.13. The second-order valence-electron chi connectivity index (χ2n) is 7.45. The Morgan fingerprint density at radius 1 is 1.27 bits per heavy atom. The van der Waals surface area contributed by atoms with Crippen molar-refractivity contribution in [3.63, 3.8) is 0 Å². The zero-order chi connectivity index (χ0) is 20.9. The van der Waals surface area contributed by atoms with Crippen molar-refractivity contribution in [1.29, 1.82) is 0 Å². The predicted octanol–water partition coefficient (Wildman–Crippen LogP) is 4.02. The summed E-state index contributed by atoms with van der Waals surface area (Å²) < 4.78 is 18.9. The molecule has 1 amide bonds. The number of halogens is 2. The van der Waals surface area contributed by atoms with E-state index in [0.29, 0.717) is 41.9 Å². The summed E-state index contributed by atoms with van der Waals surface area (Å²) in [5, 5.41) is 7.58. The van der Waals surface area contributed by atoms with Crippen LogP contribution >= 0.6 is 11.6 Å². The largest absolute Gasteiger partial charge is 0.351 e. The summed E-state index contributed by atoms with van der Waals surface area (Å²) in [4.78, 5) is 18.9. The lowest BCUT2D eigenvalue weighted by Gasteiger charge is -2.30. The Balaban J connectivity index is 1.32. The van der Waals surface area contributed by atoms with E-state index >= 15 is 0 Å². The maximum atomic E-state index is 13.4. The van der Waals surface area contributed by atoms with Crippen LogP contribution in [0.5, 0.6) is 0 Å². The van der Waals surface area contributed by atoms with Gasteiger partial charge in [0, 0.05) is 23.7 Å². The second kappa shape index (κ2) is 9.36. The van der Waals surface area contributed by atoms with E-state index in [1.807, 2.05) is 18.2 Å². The maximum Gasteiger partial charge on any atom is 0.234 e. The van der Waals surface area contributed by atoms with Crippen molar-refractivity contribution in [2.75, 3.05) is 19.6 Å². The van der Waals surface area contributed by atoms with E-state index in [1.54, 1.807) is 18.2 Å². The average molecular weight is 429 g/mol. The number of hydrogen-bond donors (Lipinski definition) is 1. The van der Waals surface area contributed by atoms with E-state index in [2.05, 4.69) is 20.4 Å². The van der Waals surface area contributed by atoms with E-state index in [1.165, 1.54) is 12.1 Å².